The molecule has 0 saturated carbocycles. The Balaban J connectivity index is 1.86. The highest BCUT2D eigenvalue weighted by Crippen LogP contribution is 2.31. The third-order valence-corrected chi connectivity index (χ3v) is 4.82. The lowest BCUT2D eigenvalue weighted by molar-refractivity contribution is -0.383. The summed E-state index contributed by atoms with van der Waals surface area (Å²) >= 11 is 0. The Morgan fingerprint density at radius 1 is 1.36 bits per heavy atom. The Kier molecular flexibility index (Phi) is 4.83. The number of rotatable bonds is 4. The van der Waals surface area contributed by atoms with Crippen molar-refractivity contribution in [2.75, 3.05) is 11.9 Å². The number of nitro groups is 1. The molecule has 2 aromatic rings. The number of benzene rings is 1. The smallest absolute Gasteiger partial charge is 0.278 e. The van der Waals surface area contributed by atoms with Gasteiger partial charge >= 0.3 is 0 Å². The molecule has 1 N–H and O–H groups in total. The normalized spacial score (nSPS) is 18.8. The van der Waals surface area contributed by atoms with Crippen molar-refractivity contribution in [3.63, 3.8) is 0 Å². The number of pyridine rings is 1. The van der Waals surface area contributed by atoms with Crippen LogP contribution in [-0.2, 0) is 4.79 Å². The van der Waals surface area contributed by atoms with Crippen LogP contribution in [0.1, 0.15) is 33.1 Å². The summed E-state index contributed by atoms with van der Waals surface area (Å²) < 4.78 is 0. The summed E-state index contributed by atoms with van der Waals surface area (Å²) in [6.45, 7) is 4.70. The Morgan fingerprint density at radius 3 is 2.88 bits per heavy atom. The topological polar surface area (TPSA) is 88.4 Å². The van der Waals surface area contributed by atoms with Crippen LogP contribution in [0.4, 0.5) is 11.4 Å². The third kappa shape index (κ3) is 3.40. The van der Waals surface area contributed by atoms with E-state index in [2.05, 4.69) is 17.2 Å². The van der Waals surface area contributed by atoms with Gasteiger partial charge in [-0.05, 0) is 45.2 Å². The molecule has 1 aromatic heterocycles. The number of nitrogens with zero attached hydrogens (tertiary/aromatic N) is 3. The van der Waals surface area contributed by atoms with Crippen molar-refractivity contribution in [1.29, 1.82) is 0 Å². The average molecular weight is 342 g/mol. The molecular formula is C18H22N4O3. The van der Waals surface area contributed by atoms with Crippen molar-refractivity contribution in [3.8, 4) is 0 Å². The first kappa shape index (κ1) is 17.1. The number of piperidine rings is 1. The Morgan fingerprint density at radius 2 is 2.16 bits per heavy atom. The van der Waals surface area contributed by atoms with Crippen LogP contribution in [0.5, 0.6) is 0 Å². The second-order valence-electron chi connectivity index (χ2n) is 6.55. The number of carbonyl (C=O) groups is 1. The lowest BCUT2D eigenvalue weighted by Gasteiger charge is -2.35. The highest BCUT2D eigenvalue weighted by Gasteiger charge is 2.27. The first-order chi connectivity index (χ1) is 12.0. The molecule has 0 spiro atoms. The van der Waals surface area contributed by atoms with Gasteiger partial charge in [0.05, 0.1) is 10.3 Å². The Labute approximate surface area is 146 Å². The molecule has 1 aromatic carbocycles. The number of non-ortho nitro benzene ring substituents is 1. The second kappa shape index (κ2) is 7.04. The van der Waals surface area contributed by atoms with Crippen molar-refractivity contribution in [3.05, 3.63) is 40.7 Å². The summed E-state index contributed by atoms with van der Waals surface area (Å²) in [6, 6.07) is 4.68. The number of fused-ring (bicyclic) bond motifs is 1. The number of carbonyl (C=O) groups excluding carboxylic acids is 1. The molecule has 0 bridgehead atoms. The first-order valence-electron chi connectivity index (χ1n) is 8.57. The van der Waals surface area contributed by atoms with Crippen LogP contribution < -0.4 is 5.32 Å². The van der Waals surface area contributed by atoms with Crippen LogP contribution in [0.3, 0.4) is 0 Å². The Hall–Kier alpha value is -2.70. The predicted molar refractivity (Wildman–Crippen MR) is 96.5 cm³/mol. The summed E-state index contributed by atoms with van der Waals surface area (Å²) in [5.74, 6) is 0.0627. The zero-order valence-corrected chi connectivity index (χ0v) is 14.4. The van der Waals surface area contributed by atoms with Crippen molar-refractivity contribution in [2.24, 2.45) is 0 Å². The molecule has 2 unspecified atom stereocenters. The molecule has 7 nitrogen and oxygen atoms in total. The van der Waals surface area contributed by atoms with E-state index in [-0.39, 0.29) is 17.6 Å². The molecule has 1 fully saturated rings. The van der Waals surface area contributed by atoms with Crippen molar-refractivity contribution < 1.29 is 9.72 Å². The van der Waals surface area contributed by atoms with Crippen LogP contribution in [0.15, 0.2) is 30.6 Å². The molecule has 25 heavy (non-hydrogen) atoms. The molecule has 1 aliphatic rings. The summed E-state index contributed by atoms with van der Waals surface area (Å²) in [7, 11) is 0. The number of anilines is 1. The van der Waals surface area contributed by atoms with Gasteiger partial charge in [-0.15, -0.1) is 0 Å². The van der Waals surface area contributed by atoms with Crippen molar-refractivity contribution >= 4 is 28.1 Å². The average Bonchev–Trinajstić information content (AvgIpc) is 2.61. The number of aromatic nitrogens is 1. The van der Waals surface area contributed by atoms with Gasteiger partial charge < -0.3 is 10.2 Å². The van der Waals surface area contributed by atoms with E-state index in [1.165, 1.54) is 12.3 Å². The van der Waals surface area contributed by atoms with E-state index in [0.717, 1.165) is 25.8 Å². The van der Waals surface area contributed by atoms with Gasteiger partial charge in [-0.3, -0.25) is 19.9 Å². The van der Waals surface area contributed by atoms with E-state index < -0.39 is 11.0 Å². The molecule has 3 rings (SSSR count). The fourth-order valence-electron chi connectivity index (χ4n) is 3.43. The molecule has 2 atom stereocenters. The molecular weight excluding hydrogens is 320 g/mol. The summed E-state index contributed by atoms with van der Waals surface area (Å²) in [5.41, 5.74) is 0.714. The largest absolute Gasteiger partial charge is 0.373 e. The van der Waals surface area contributed by atoms with Crippen LogP contribution in [0.25, 0.3) is 10.8 Å². The fourth-order valence-corrected chi connectivity index (χ4v) is 3.43. The molecule has 1 aliphatic heterocycles. The van der Waals surface area contributed by atoms with Gasteiger partial charge in [-0.1, -0.05) is 0 Å². The first-order valence-corrected chi connectivity index (χ1v) is 8.57. The van der Waals surface area contributed by atoms with Gasteiger partial charge in [-0.2, -0.15) is 0 Å². The number of hydrogen-bond acceptors (Lipinski definition) is 5. The quantitative estimate of drug-likeness (QED) is 0.680. The van der Waals surface area contributed by atoms with E-state index in [4.69, 9.17) is 0 Å². The van der Waals surface area contributed by atoms with Crippen molar-refractivity contribution in [2.45, 2.75) is 45.2 Å². The highest BCUT2D eigenvalue weighted by molar-refractivity contribution is 6.00. The minimum Gasteiger partial charge on any atom is -0.373 e. The van der Waals surface area contributed by atoms with Crippen LogP contribution >= 0.6 is 0 Å². The van der Waals surface area contributed by atoms with Gasteiger partial charge in [0.2, 0.25) is 5.91 Å². The fraction of sp³-hybridized carbons (Fsp3) is 0.444. The maximum atomic E-state index is 12.8. The Bertz CT molecular complexity index is 808. The molecule has 1 saturated heterocycles. The van der Waals surface area contributed by atoms with Crippen molar-refractivity contribution in [1.82, 2.24) is 9.88 Å². The van der Waals surface area contributed by atoms with Crippen LogP contribution in [0, 0.1) is 10.1 Å². The van der Waals surface area contributed by atoms with E-state index in [9.17, 15) is 14.9 Å². The number of hydrogen-bond donors (Lipinski definition) is 1. The van der Waals surface area contributed by atoms with E-state index in [1.54, 1.807) is 18.3 Å². The molecule has 2 heterocycles. The number of nitro benzene ring substituents is 1. The van der Waals surface area contributed by atoms with Gasteiger partial charge in [0.1, 0.15) is 6.04 Å². The lowest BCUT2D eigenvalue weighted by Crippen LogP contribution is -2.48. The number of amides is 1. The summed E-state index contributed by atoms with van der Waals surface area (Å²) in [6.07, 6.45) is 6.31. The molecule has 0 aliphatic carbocycles. The third-order valence-electron chi connectivity index (χ3n) is 4.82. The van der Waals surface area contributed by atoms with Gasteiger partial charge in [0.25, 0.3) is 5.69 Å². The van der Waals surface area contributed by atoms with Gasteiger partial charge in [0, 0.05) is 42.1 Å². The minimum absolute atomic E-state index is 0.0114. The maximum absolute atomic E-state index is 12.8. The molecule has 132 valence electrons. The maximum Gasteiger partial charge on any atom is 0.278 e. The lowest BCUT2D eigenvalue weighted by atomic mass is 10.0. The van der Waals surface area contributed by atoms with E-state index in [0.29, 0.717) is 16.5 Å². The van der Waals surface area contributed by atoms with Crippen LogP contribution in [-0.4, -0.2) is 39.3 Å². The standard InChI is InChI=1S/C18H22N4O3/c1-12-5-3-4-10-21(12)18(23)13(2)20-16-6-7-17(22(24)25)15-11-19-9-8-14(15)16/h6-9,11-13,20H,3-5,10H2,1-2H3. The van der Waals surface area contributed by atoms with Gasteiger partial charge in [0.15, 0.2) is 0 Å². The number of likely N-dealkylation sites (tertiary alicyclic amines) is 1. The summed E-state index contributed by atoms with van der Waals surface area (Å²) in [5, 5.41) is 15.6. The monoisotopic (exact) mass is 342 g/mol. The van der Waals surface area contributed by atoms with Crippen LogP contribution in [0.2, 0.25) is 0 Å². The van der Waals surface area contributed by atoms with E-state index in [1.807, 2.05) is 11.8 Å². The summed E-state index contributed by atoms with van der Waals surface area (Å²) in [4.78, 5) is 29.5. The highest BCUT2D eigenvalue weighted by atomic mass is 16.6. The molecule has 7 heteroatoms. The van der Waals surface area contributed by atoms with E-state index >= 15 is 0 Å². The zero-order valence-electron chi connectivity index (χ0n) is 14.4. The zero-order chi connectivity index (χ0) is 18.0. The van der Waals surface area contributed by atoms with Gasteiger partial charge in [-0.25, -0.2) is 0 Å². The predicted octanol–water partition coefficient (Wildman–Crippen LogP) is 3.34. The number of nitrogens with one attached hydrogen (secondary N) is 1. The molecule has 0 radical (unpaired) electrons. The SMILES string of the molecule is CC(Nc1ccc([N+](=O)[O-])c2cnccc12)C(=O)N1CCCCC1C. The molecule has 1 amide bonds. The minimum atomic E-state index is -0.419. The second-order valence-corrected chi connectivity index (χ2v) is 6.55.